The number of ether oxygens (including phenoxy) is 2. The van der Waals surface area contributed by atoms with Crippen molar-refractivity contribution in [2.75, 3.05) is 25.1 Å². The summed E-state index contributed by atoms with van der Waals surface area (Å²) in [6.45, 7) is 1.11. The molecule has 3 rings (SSSR count). The quantitative estimate of drug-likeness (QED) is 0.279. The second kappa shape index (κ2) is 10.9. The Hall–Kier alpha value is -2.89. The van der Waals surface area contributed by atoms with E-state index in [4.69, 9.17) is 21.7 Å². The van der Waals surface area contributed by atoms with E-state index in [-0.39, 0.29) is 28.9 Å². The van der Waals surface area contributed by atoms with Gasteiger partial charge in [0.1, 0.15) is 0 Å². The third-order valence-corrected chi connectivity index (χ3v) is 5.91. The van der Waals surface area contributed by atoms with Crippen molar-refractivity contribution in [2.24, 2.45) is 0 Å². The topological polar surface area (TPSA) is 118 Å². The highest BCUT2D eigenvalue weighted by Crippen LogP contribution is 2.31. The smallest absolute Gasteiger partial charge is 0.240 e. The molecule has 9 nitrogen and oxygen atoms in total. The summed E-state index contributed by atoms with van der Waals surface area (Å²) in [5, 5.41) is 3.17. The molecule has 2 aromatic rings. The van der Waals surface area contributed by atoms with Crippen LogP contribution >= 0.6 is 12.2 Å². The number of para-hydroxylation sites is 1. The van der Waals surface area contributed by atoms with Gasteiger partial charge in [0, 0.05) is 31.1 Å². The predicted molar refractivity (Wildman–Crippen MR) is 120 cm³/mol. The average Bonchev–Trinajstić information content (AvgIpc) is 3.01. The number of carbonyl (C=O) groups is 1. The molecule has 0 unspecified atom stereocenters. The molecule has 1 aliphatic heterocycles. The highest BCUT2D eigenvalue weighted by Gasteiger charge is 2.18. The Balaban J connectivity index is 1.39. The zero-order valence-corrected chi connectivity index (χ0v) is 18.4. The maximum atomic E-state index is 12.5. The van der Waals surface area contributed by atoms with E-state index in [1.54, 1.807) is 6.07 Å². The molecule has 0 saturated carbocycles. The Morgan fingerprint density at radius 1 is 1.00 bits per heavy atom. The van der Waals surface area contributed by atoms with Gasteiger partial charge in [0.05, 0.1) is 18.1 Å². The van der Waals surface area contributed by atoms with Crippen molar-refractivity contribution in [2.45, 2.75) is 24.2 Å². The number of nitrogens with one attached hydrogen (secondary N) is 4. The lowest BCUT2D eigenvalue weighted by Gasteiger charge is -2.12. The number of hydrazine groups is 1. The van der Waals surface area contributed by atoms with Gasteiger partial charge in [-0.05, 0) is 42.9 Å². The largest absolute Gasteiger partial charge is 0.490 e. The van der Waals surface area contributed by atoms with Gasteiger partial charge in [0.25, 0.3) is 0 Å². The number of carbonyl (C=O) groups excluding carboxylic acids is 1. The van der Waals surface area contributed by atoms with Gasteiger partial charge in [0.2, 0.25) is 15.9 Å². The van der Waals surface area contributed by atoms with E-state index in [1.165, 1.54) is 12.1 Å². The third-order valence-electron chi connectivity index (χ3n) is 4.25. The zero-order valence-electron chi connectivity index (χ0n) is 16.7. The van der Waals surface area contributed by atoms with Gasteiger partial charge in [-0.15, -0.1) is 0 Å². The molecule has 0 aliphatic carbocycles. The summed E-state index contributed by atoms with van der Waals surface area (Å²) in [5.41, 5.74) is 5.87. The zero-order chi connectivity index (χ0) is 22.1. The number of benzene rings is 2. The fraction of sp³-hybridized carbons (Fsp3) is 0.300. The molecule has 0 aromatic heterocycles. The fourth-order valence-corrected chi connectivity index (χ4v) is 3.98. The van der Waals surface area contributed by atoms with Gasteiger partial charge in [-0.2, -0.15) is 0 Å². The molecule has 0 spiro atoms. The van der Waals surface area contributed by atoms with E-state index >= 15 is 0 Å². The second-order valence-electron chi connectivity index (χ2n) is 6.65. The van der Waals surface area contributed by atoms with Crippen LogP contribution in [0.1, 0.15) is 19.3 Å². The Labute approximate surface area is 186 Å². The van der Waals surface area contributed by atoms with E-state index in [0.717, 1.165) is 12.1 Å². The van der Waals surface area contributed by atoms with Crippen molar-refractivity contribution in [3.8, 4) is 11.5 Å². The van der Waals surface area contributed by atoms with Crippen LogP contribution in [0.3, 0.4) is 0 Å². The van der Waals surface area contributed by atoms with Crippen LogP contribution in [0.25, 0.3) is 0 Å². The van der Waals surface area contributed by atoms with Gasteiger partial charge in [0.15, 0.2) is 16.6 Å². The lowest BCUT2D eigenvalue weighted by atomic mass is 10.3. The molecule has 1 heterocycles. The second-order valence-corrected chi connectivity index (χ2v) is 8.83. The molecule has 11 heteroatoms. The summed E-state index contributed by atoms with van der Waals surface area (Å²) in [5.74, 6) is 0.623. The van der Waals surface area contributed by atoms with Crippen molar-refractivity contribution >= 4 is 38.9 Å². The Kier molecular flexibility index (Phi) is 8.04. The fourth-order valence-electron chi connectivity index (χ4n) is 2.72. The summed E-state index contributed by atoms with van der Waals surface area (Å²) >= 11 is 5.10. The van der Waals surface area contributed by atoms with Crippen LogP contribution in [-0.2, 0) is 14.8 Å². The van der Waals surface area contributed by atoms with Crippen molar-refractivity contribution < 1.29 is 22.7 Å². The highest BCUT2D eigenvalue weighted by atomic mass is 32.2. The average molecular weight is 465 g/mol. The van der Waals surface area contributed by atoms with Crippen LogP contribution in [0.15, 0.2) is 53.4 Å². The Bertz CT molecular complexity index is 1020. The molecule has 0 saturated heterocycles. The SMILES string of the molecule is O=C(CCCNS(=O)(=O)c1ccc2c(c1)OCCCO2)NNC(=S)Nc1ccccc1. The third kappa shape index (κ3) is 7.09. The van der Waals surface area contributed by atoms with Crippen molar-refractivity contribution in [3.05, 3.63) is 48.5 Å². The van der Waals surface area contributed by atoms with Crippen LogP contribution in [0.2, 0.25) is 0 Å². The number of anilines is 1. The standard InChI is InChI=1S/C20H24N4O5S2/c25-19(23-24-20(30)22-15-6-2-1-3-7-15)8-4-11-21-31(26,27)16-9-10-17-18(14-16)29-13-5-12-28-17/h1-3,6-7,9-10,14,21H,4-5,8,11-13H2,(H,23,25)(H2,22,24,30). The minimum atomic E-state index is -3.73. The van der Waals surface area contributed by atoms with E-state index in [9.17, 15) is 13.2 Å². The van der Waals surface area contributed by atoms with Crippen LogP contribution < -0.4 is 30.4 Å². The van der Waals surface area contributed by atoms with Crippen LogP contribution in [0.5, 0.6) is 11.5 Å². The molecule has 4 N–H and O–H groups in total. The normalized spacial score (nSPS) is 13.0. The van der Waals surface area contributed by atoms with Gasteiger partial charge >= 0.3 is 0 Å². The molecule has 31 heavy (non-hydrogen) atoms. The van der Waals surface area contributed by atoms with Crippen molar-refractivity contribution in [1.29, 1.82) is 0 Å². The molecule has 166 valence electrons. The molecule has 0 bridgehead atoms. The van der Waals surface area contributed by atoms with Crippen LogP contribution in [0, 0.1) is 0 Å². The summed E-state index contributed by atoms with van der Waals surface area (Å²) < 4.78 is 38.5. The number of hydrogen-bond donors (Lipinski definition) is 4. The maximum absolute atomic E-state index is 12.5. The van der Waals surface area contributed by atoms with Crippen molar-refractivity contribution in [1.82, 2.24) is 15.6 Å². The monoisotopic (exact) mass is 464 g/mol. The van der Waals surface area contributed by atoms with Gasteiger partial charge in [-0.3, -0.25) is 15.6 Å². The number of hydrogen-bond acceptors (Lipinski definition) is 6. The molecule has 1 aliphatic rings. The molecule has 1 amide bonds. The Morgan fingerprint density at radius 3 is 2.52 bits per heavy atom. The number of amides is 1. The summed E-state index contributed by atoms with van der Waals surface area (Å²) in [6, 6.07) is 13.8. The number of fused-ring (bicyclic) bond motifs is 1. The lowest BCUT2D eigenvalue weighted by Crippen LogP contribution is -2.43. The molecular weight excluding hydrogens is 440 g/mol. The minimum absolute atomic E-state index is 0.0835. The van der Waals surface area contributed by atoms with Crippen LogP contribution in [0.4, 0.5) is 5.69 Å². The summed E-state index contributed by atoms with van der Waals surface area (Å²) in [4.78, 5) is 12.0. The first-order chi connectivity index (χ1) is 14.9. The summed E-state index contributed by atoms with van der Waals surface area (Å²) in [7, 11) is -3.73. The molecule has 0 fully saturated rings. The first-order valence-electron chi connectivity index (χ1n) is 9.74. The van der Waals surface area contributed by atoms with Crippen LogP contribution in [-0.4, -0.2) is 39.2 Å². The minimum Gasteiger partial charge on any atom is -0.490 e. The van der Waals surface area contributed by atoms with Gasteiger partial charge in [-0.25, -0.2) is 13.1 Å². The number of sulfonamides is 1. The lowest BCUT2D eigenvalue weighted by molar-refractivity contribution is -0.121. The van der Waals surface area contributed by atoms with Crippen molar-refractivity contribution in [3.63, 3.8) is 0 Å². The summed E-state index contributed by atoms with van der Waals surface area (Å²) in [6.07, 6.45) is 1.17. The molecule has 0 atom stereocenters. The first kappa shape index (κ1) is 22.8. The number of rotatable bonds is 7. The van der Waals surface area contributed by atoms with E-state index in [2.05, 4.69) is 20.9 Å². The predicted octanol–water partition coefficient (Wildman–Crippen LogP) is 1.92. The molecular formula is C20H24N4O5S2. The molecule has 2 aromatic carbocycles. The maximum Gasteiger partial charge on any atom is 0.240 e. The van der Waals surface area contributed by atoms with E-state index in [0.29, 0.717) is 31.1 Å². The van der Waals surface area contributed by atoms with E-state index in [1.807, 2.05) is 30.3 Å². The van der Waals surface area contributed by atoms with Gasteiger partial charge < -0.3 is 14.8 Å². The molecule has 0 radical (unpaired) electrons. The van der Waals surface area contributed by atoms with Gasteiger partial charge in [-0.1, -0.05) is 18.2 Å². The Morgan fingerprint density at radius 2 is 1.74 bits per heavy atom. The van der Waals surface area contributed by atoms with E-state index < -0.39 is 10.0 Å². The number of thiocarbonyl (C=S) groups is 1. The highest BCUT2D eigenvalue weighted by molar-refractivity contribution is 7.89. The first-order valence-corrected chi connectivity index (χ1v) is 11.6.